The number of nitrogens with zero attached hydrogens (tertiary/aromatic N) is 1. The fourth-order valence-electron chi connectivity index (χ4n) is 1.22. The lowest BCUT2D eigenvalue weighted by Gasteiger charge is -2.10. The normalized spacial score (nSPS) is 10.3. The van der Waals surface area contributed by atoms with Crippen molar-refractivity contribution in [3.8, 4) is 5.75 Å². The monoisotopic (exact) mass is 280 g/mol. The Balaban J connectivity index is 3.37. The van der Waals surface area contributed by atoms with Crippen LogP contribution < -0.4 is 10.1 Å². The molecule has 1 N–H and O–H groups in total. The van der Waals surface area contributed by atoms with Gasteiger partial charge in [-0.05, 0) is 12.1 Å². The highest BCUT2D eigenvalue weighted by Crippen LogP contribution is 2.41. The van der Waals surface area contributed by atoms with Gasteiger partial charge in [-0.3, -0.25) is 14.9 Å². The van der Waals surface area contributed by atoms with Crippen LogP contribution in [0.1, 0.15) is 6.92 Å². The molecule has 0 heterocycles. The molecule has 0 fully saturated rings. The zero-order valence-electron chi connectivity index (χ0n) is 8.95. The summed E-state index contributed by atoms with van der Waals surface area (Å²) in [6, 6.07) is 2.23. The van der Waals surface area contributed by atoms with Gasteiger partial charge in [0.05, 0.1) is 9.95 Å². The van der Waals surface area contributed by atoms with Gasteiger partial charge in [-0.25, -0.2) is 0 Å². The fourth-order valence-corrected chi connectivity index (χ4v) is 1.42. The molecule has 0 atom stereocenters. The minimum Gasteiger partial charge on any atom is -0.426 e. The van der Waals surface area contributed by atoms with Crippen LogP contribution in [0.2, 0.25) is 5.02 Å². The van der Waals surface area contributed by atoms with Crippen LogP contribution in [0.5, 0.6) is 5.75 Å². The van der Waals surface area contributed by atoms with Gasteiger partial charge in [0.1, 0.15) is 5.69 Å². The first kappa shape index (κ1) is 14.1. The summed E-state index contributed by atoms with van der Waals surface area (Å²) in [5.41, 5.74) is -1.09. The van der Waals surface area contributed by atoms with Gasteiger partial charge in [0.25, 0.3) is 0 Å². The van der Waals surface area contributed by atoms with E-state index in [0.717, 1.165) is 19.1 Å². The largest absolute Gasteiger partial charge is 0.426 e. The van der Waals surface area contributed by atoms with Crippen molar-refractivity contribution < 1.29 is 23.2 Å². The molecular formula is C9H7ClF2N2O4. The SMILES string of the molecule is CC(=O)Nc1ccc(Cl)c(OC(F)F)c1[N+](=O)[O-]. The van der Waals surface area contributed by atoms with Gasteiger partial charge in [0.2, 0.25) is 11.7 Å². The molecule has 1 aromatic rings. The number of anilines is 1. The van der Waals surface area contributed by atoms with E-state index in [-0.39, 0.29) is 10.7 Å². The average Bonchev–Trinajstić information content (AvgIpc) is 2.21. The van der Waals surface area contributed by atoms with E-state index in [1.165, 1.54) is 0 Å². The molecule has 9 heteroatoms. The zero-order chi connectivity index (χ0) is 13.9. The van der Waals surface area contributed by atoms with Gasteiger partial charge in [-0.2, -0.15) is 8.78 Å². The van der Waals surface area contributed by atoms with E-state index in [0.29, 0.717) is 0 Å². The van der Waals surface area contributed by atoms with Crippen molar-refractivity contribution in [2.45, 2.75) is 13.5 Å². The third-order valence-corrected chi connectivity index (χ3v) is 2.08. The van der Waals surface area contributed by atoms with Crippen LogP contribution in [-0.4, -0.2) is 17.4 Å². The summed E-state index contributed by atoms with van der Waals surface area (Å²) in [5.74, 6) is -1.38. The van der Waals surface area contributed by atoms with Crippen LogP contribution in [0.15, 0.2) is 12.1 Å². The maximum atomic E-state index is 12.1. The predicted molar refractivity (Wildman–Crippen MR) is 59.0 cm³/mol. The summed E-state index contributed by atoms with van der Waals surface area (Å²) in [6.45, 7) is -2.15. The molecule has 0 aliphatic heterocycles. The summed E-state index contributed by atoms with van der Waals surface area (Å²) >= 11 is 5.55. The van der Waals surface area contributed by atoms with Gasteiger partial charge in [-0.1, -0.05) is 11.6 Å². The molecule has 0 aromatic heterocycles. The number of halogens is 3. The van der Waals surface area contributed by atoms with Crippen molar-refractivity contribution in [3.05, 3.63) is 27.3 Å². The van der Waals surface area contributed by atoms with Crippen molar-refractivity contribution in [1.82, 2.24) is 0 Å². The van der Waals surface area contributed by atoms with E-state index in [2.05, 4.69) is 10.1 Å². The number of ether oxygens (including phenoxy) is 1. The van der Waals surface area contributed by atoms with Gasteiger partial charge >= 0.3 is 12.3 Å². The number of nitro groups is 1. The van der Waals surface area contributed by atoms with E-state index in [9.17, 15) is 23.7 Å². The van der Waals surface area contributed by atoms with Crippen LogP contribution in [-0.2, 0) is 4.79 Å². The van der Waals surface area contributed by atoms with Gasteiger partial charge in [0.15, 0.2) is 0 Å². The molecule has 6 nitrogen and oxygen atoms in total. The van der Waals surface area contributed by atoms with Crippen molar-refractivity contribution >= 4 is 28.9 Å². The molecule has 0 aliphatic carbocycles. The molecule has 18 heavy (non-hydrogen) atoms. The lowest BCUT2D eigenvalue weighted by molar-refractivity contribution is -0.385. The minimum absolute atomic E-state index is 0.271. The average molecular weight is 281 g/mol. The van der Waals surface area contributed by atoms with Crippen LogP contribution in [0.25, 0.3) is 0 Å². The van der Waals surface area contributed by atoms with Crippen LogP contribution in [0.4, 0.5) is 20.2 Å². The number of carbonyl (C=O) groups is 1. The molecule has 0 aliphatic rings. The number of hydrogen-bond donors (Lipinski definition) is 1. The maximum Gasteiger partial charge on any atom is 0.387 e. The van der Waals surface area contributed by atoms with Gasteiger partial charge < -0.3 is 10.1 Å². The summed E-state index contributed by atoms with van der Waals surface area (Å²) in [7, 11) is 0. The summed E-state index contributed by atoms with van der Waals surface area (Å²) < 4.78 is 28.3. The molecule has 1 amide bonds. The number of nitrogens with one attached hydrogen (secondary N) is 1. The highest BCUT2D eigenvalue weighted by molar-refractivity contribution is 6.32. The van der Waals surface area contributed by atoms with E-state index in [4.69, 9.17) is 11.6 Å². The number of rotatable bonds is 4. The van der Waals surface area contributed by atoms with Crippen molar-refractivity contribution in [2.75, 3.05) is 5.32 Å². The Morgan fingerprint density at radius 1 is 1.56 bits per heavy atom. The first-order valence-corrected chi connectivity index (χ1v) is 4.90. The highest BCUT2D eigenvalue weighted by Gasteiger charge is 2.27. The number of benzene rings is 1. The van der Waals surface area contributed by atoms with Crippen molar-refractivity contribution in [1.29, 1.82) is 0 Å². The zero-order valence-corrected chi connectivity index (χ0v) is 9.70. The predicted octanol–water partition coefficient (Wildman–Crippen LogP) is 2.81. The lowest BCUT2D eigenvalue weighted by atomic mass is 10.2. The number of nitro benzene ring substituents is 1. The second-order valence-corrected chi connectivity index (χ2v) is 3.50. The third-order valence-electron chi connectivity index (χ3n) is 1.78. The Kier molecular flexibility index (Phi) is 4.38. The van der Waals surface area contributed by atoms with E-state index in [1.807, 2.05) is 0 Å². The molecule has 1 rings (SSSR count). The Morgan fingerprint density at radius 2 is 2.17 bits per heavy atom. The van der Waals surface area contributed by atoms with Gasteiger partial charge in [0, 0.05) is 6.92 Å². The standard InChI is InChI=1S/C9H7ClF2N2O4/c1-4(15)13-6-3-2-5(10)8(18-9(11)12)7(6)14(16)17/h2-3,9H,1H3,(H,13,15). The van der Waals surface area contributed by atoms with Gasteiger partial charge in [-0.15, -0.1) is 0 Å². The molecule has 0 saturated heterocycles. The number of carbonyl (C=O) groups excluding carboxylic acids is 1. The summed E-state index contributed by atoms with van der Waals surface area (Å²) in [5, 5.41) is 12.6. The number of amides is 1. The summed E-state index contributed by atoms with van der Waals surface area (Å²) in [6.07, 6.45) is 0. The number of alkyl halides is 2. The number of hydrogen-bond acceptors (Lipinski definition) is 4. The van der Waals surface area contributed by atoms with Crippen LogP contribution in [0.3, 0.4) is 0 Å². The first-order chi connectivity index (χ1) is 8.32. The topological polar surface area (TPSA) is 81.5 Å². The quantitative estimate of drug-likeness (QED) is 0.679. The second-order valence-electron chi connectivity index (χ2n) is 3.09. The van der Waals surface area contributed by atoms with E-state index >= 15 is 0 Å². The Bertz CT molecular complexity index is 496. The first-order valence-electron chi connectivity index (χ1n) is 4.52. The van der Waals surface area contributed by atoms with E-state index in [1.54, 1.807) is 0 Å². The third kappa shape index (κ3) is 3.27. The fraction of sp³-hybridized carbons (Fsp3) is 0.222. The van der Waals surface area contributed by atoms with Crippen LogP contribution in [0, 0.1) is 10.1 Å². The lowest BCUT2D eigenvalue weighted by Crippen LogP contribution is -2.11. The maximum absolute atomic E-state index is 12.1. The smallest absolute Gasteiger partial charge is 0.387 e. The van der Waals surface area contributed by atoms with Crippen LogP contribution >= 0.6 is 11.6 Å². The van der Waals surface area contributed by atoms with Crippen molar-refractivity contribution in [2.24, 2.45) is 0 Å². The Labute approximate surface area is 105 Å². The second kappa shape index (κ2) is 5.58. The van der Waals surface area contributed by atoms with E-state index < -0.39 is 28.9 Å². The molecular weight excluding hydrogens is 274 g/mol. The molecule has 0 unspecified atom stereocenters. The Morgan fingerprint density at radius 3 is 2.61 bits per heavy atom. The molecule has 0 saturated carbocycles. The summed E-state index contributed by atoms with van der Waals surface area (Å²) in [4.78, 5) is 20.7. The molecule has 0 radical (unpaired) electrons. The molecule has 98 valence electrons. The minimum atomic E-state index is -3.27. The highest BCUT2D eigenvalue weighted by atomic mass is 35.5. The molecule has 0 bridgehead atoms. The van der Waals surface area contributed by atoms with Crippen molar-refractivity contribution in [3.63, 3.8) is 0 Å². The Hall–Kier alpha value is -1.96. The molecule has 1 aromatic carbocycles. The molecule has 0 spiro atoms.